The van der Waals surface area contributed by atoms with Crippen LogP contribution in [0.3, 0.4) is 0 Å². The summed E-state index contributed by atoms with van der Waals surface area (Å²) < 4.78 is 0. The topological polar surface area (TPSA) is 55.0 Å². The van der Waals surface area contributed by atoms with E-state index >= 15 is 0 Å². The Morgan fingerprint density at radius 2 is 2.25 bits per heavy atom. The first-order valence-electron chi connectivity index (χ1n) is 5.20. The molecule has 6 heteroatoms. The Morgan fingerprint density at radius 3 is 2.88 bits per heavy atom. The van der Waals surface area contributed by atoms with Crippen LogP contribution in [0.2, 0.25) is 5.15 Å². The highest BCUT2D eigenvalue weighted by molar-refractivity contribution is 6.29. The summed E-state index contributed by atoms with van der Waals surface area (Å²) in [7, 11) is 0. The van der Waals surface area contributed by atoms with Gasteiger partial charge in [0.2, 0.25) is 0 Å². The quantitative estimate of drug-likeness (QED) is 0.878. The van der Waals surface area contributed by atoms with Crippen LogP contribution in [0.15, 0.2) is 12.1 Å². The van der Waals surface area contributed by atoms with Crippen LogP contribution in [0.1, 0.15) is 18.5 Å². The van der Waals surface area contributed by atoms with E-state index in [-0.39, 0.29) is 12.4 Å². The monoisotopic (exact) mass is 262 g/mol. The van der Waals surface area contributed by atoms with Gasteiger partial charge >= 0.3 is 0 Å². The lowest BCUT2D eigenvalue weighted by molar-refractivity contribution is 0.199. The highest BCUT2D eigenvalue weighted by Crippen LogP contribution is 2.11. The van der Waals surface area contributed by atoms with Crippen LogP contribution < -0.4 is 5.73 Å². The van der Waals surface area contributed by atoms with E-state index in [9.17, 15) is 0 Å². The van der Waals surface area contributed by atoms with Gasteiger partial charge in [0, 0.05) is 19.1 Å². The molecule has 0 amide bonds. The van der Waals surface area contributed by atoms with E-state index in [1.54, 1.807) is 6.07 Å². The molecule has 2 heterocycles. The highest BCUT2D eigenvalue weighted by Gasteiger charge is 2.16. The fraction of sp³-hybridized carbons (Fsp3) is 0.600. The first kappa shape index (κ1) is 13.6. The third kappa shape index (κ3) is 3.87. The first-order valence-corrected chi connectivity index (χ1v) is 5.58. The second-order valence-electron chi connectivity index (χ2n) is 3.98. The molecule has 16 heavy (non-hydrogen) atoms. The molecular formula is C10H16Cl2N4. The Kier molecular flexibility index (Phi) is 5.41. The maximum absolute atomic E-state index is 5.90. The fourth-order valence-corrected chi connectivity index (χ4v) is 1.99. The van der Waals surface area contributed by atoms with Crippen molar-refractivity contribution in [2.45, 2.75) is 25.4 Å². The summed E-state index contributed by atoms with van der Waals surface area (Å²) in [6, 6.07) is 3.99. The maximum atomic E-state index is 5.90. The molecule has 0 aromatic carbocycles. The average Bonchev–Trinajstić information content (AvgIpc) is 2.22. The van der Waals surface area contributed by atoms with Gasteiger partial charge in [0.15, 0.2) is 5.15 Å². The van der Waals surface area contributed by atoms with Crippen LogP contribution in [0, 0.1) is 0 Å². The van der Waals surface area contributed by atoms with Crippen LogP contribution in [-0.4, -0.2) is 34.2 Å². The number of hydrogen-bond acceptors (Lipinski definition) is 4. The molecule has 2 N–H and O–H groups in total. The minimum atomic E-state index is 0. The van der Waals surface area contributed by atoms with Gasteiger partial charge in [0.05, 0.1) is 5.69 Å². The fourth-order valence-electron chi connectivity index (χ4n) is 1.89. The van der Waals surface area contributed by atoms with Crippen LogP contribution in [0.25, 0.3) is 0 Å². The highest BCUT2D eigenvalue weighted by atomic mass is 35.5. The SMILES string of the molecule is Cl.NC1CCCN(Cc2ccc(Cl)nn2)C1. The van der Waals surface area contributed by atoms with E-state index in [0.717, 1.165) is 31.7 Å². The second-order valence-corrected chi connectivity index (χ2v) is 4.37. The molecule has 4 nitrogen and oxygen atoms in total. The number of hydrogen-bond donors (Lipinski definition) is 1. The summed E-state index contributed by atoms with van der Waals surface area (Å²) in [5.41, 5.74) is 6.86. The number of nitrogens with two attached hydrogens (primary N) is 1. The van der Waals surface area contributed by atoms with Gasteiger partial charge in [-0.2, -0.15) is 5.10 Å². The molecule has 0 radical (unpaired) electrons. The lowest BCUT2D eigenvalue weighted by Gasteiger charge is -2.30. The van der Waals surface area contributed by atoms with E-state index < -0.39 is 0 Å². The lowest BCUT2D eigenvalue weighted by atomic mass is 10.1. The summed E-state index contributed by atoms with van der Waals surface area (Å²) in [5, 5.41) is 8.29. The van der Waals surface area contributed by atoms with Gasteiger partial charge in [-0.05, 0) is 31.5 Å². The summed E-state index contributed by atoms with van der Waals surface area (Å²) in [4.78, 5) is 2.31. The Balaban J connectivity index is 0.00000128. The van der Waals surface area contributed by atoms with Gasteiger partial charge in [0.25, 0.3) is 0 Å². The second kappa shape index (κ2) is 6.35. The summed E-state index contributed by atoms with van der Waals surface area (Å²) in [6.45, 7) is 2.86. The molecule has 1 aromatic rings. The summed E-state index contributed by atoms with van der Waals surface area (Å²) in [5.74, 6) is 0. The maximum Gasteiger partial charge on any atom is 0.151 e. The van der Waals surface area contributed by atoms with Crippen molar-refractivity contribution in [2.75, 3.05) is 13.1 Å². The lowest BCUT2D eigenvalue weighted by Crippen LogP contribution is -2.42. The van der Waals surface area contributed by atoms with Gasteiger partial charge in [-0.25, -0.2) is 0 Å². The van der Waals surface area contributed by atoms with E-state index in [0.29, 0.717) is 11.2 Å². The predicted octanol–water partition coefficient (Wildman–Crippen LogP) is 1.47. The van der Waals surface area contributed by atoms with E-state index in [2.05, 4.69) is 15.1 Å². The largest absolute Gasteiger partial charge is 0.327 e. The number of likely N-dealkylation sites (tertiary alicyclic amines) is 1. The first-order chi connectivity index (χ1) is 7.24. The molecule has 1 aromatic heterocycles. The van der Waals surface area contributed by atoms with Crippen LogP contribution in [-0.2, 0) is 6.54 Å². The van der Waals surface area contributed by atoms with Gasteiger partial charge < -0.3 is 5.73 Å². The molecule has 1 unspecified atom stereocenters. The van der Waals surface area contributed by atoms with Crippen molar-refractivity contribution in [2.24, 2.45) is 5.73 Å². The number of halogens is 2. The zero-order chi connectivity index (χ0) is 10.7. The smallest absolute Gasteiger partial charge is 0.151 e. The van der Waals surface area contributed by atoms with Crippen molar-refractivity contribution >= 4 is 24.0 Å². The molecule has 0 saturated carbocycles. The van der Waals surface area contributed by atoms with Crippen molar-refractivity contribution in [3.8, 4) is 0 Å². The molecule has 1 fully saturated rings. The molecular weight excluding hydrogens is 247 g/mol. The molecule has 90 valence electrons. The van der Waals surface area contributed by atoms with E-state index in [1.165, 1.54) is 6.42 Å². The molecule has 0 bridgehead atoms. The zero-order valence-corrected chi connectivity index (χ0v) is 10.5. The van der Waals surface area contributed by atoms with Gasteiger partial charge in [-0.1, -0.05) is 11.6 Å². The van der Waals surface area contributed by atoms with Crippen molar-refractivity contribution in [1.29, 1.82) is 0 Å². The van der Waals surface area contributed by atoms with Crippen molar-refractivity contribution < 1.29 is 0 Å². The van der Waals surface area contributed by atoms with Crippen molar-refractivity contribution in [3.05, 3.63) is 23.0 Å². The standard InChI is InChI=1S/C10H15ClN4.ClH/c11-10-4-3-9(13-14-10)7-15-5-1-2-8(12)6-15;/h3-4,8H,1-2,5-7,12H2;1H. The number of nitrogens with zero attached hydrogens (tertiary/aromatic N) is 3. The Labute approximate surface area is 107 Å². The summed E-state index contributed by atoms with van der Waals surface area (Å²) >= 11 is 5.67. The minimum Gasteiger partial charge on any atom is -0.327 e. The van der Waals surface area contributed by atoms with Crippen LogP contribution >= 0.6 is 24.0 Å². The molecule has 1 aliphatic heterocycles. The Bertz CT molecular complexity index is 317. The number of rotatable bonds is 2. The summed E-state index contributed by atoms with van der Waals surface area (Å²) in [6.07, 6.45) is 2.30. The number of aromatic nitrogens is 2. The Morgan fingerprint density at radius 1 is 1.44 bits per heavy atom. The van der Waals surface area contributed by atoms with Gasteiger partial charge in [-0.15, -0.1) is 17.5 Å². The number of piperidine rings is 1. The van der Waals surface area contributed by atoms with Gasteiger partial charge in [-0.3, -0.25) is 4.90 Å². The molecule has 0 spiro atoms. The van der Waals surface area contributed by atoms with Crippen molar-refractivity contribution in [1.82, 2.24) is 15.1 Å². The third-order valence-electron chi connectivity index (χ3n) is 2.61. The normalized spacial score (nSPS) is 21.5. The van der Waals surface area contributed by atoms with Crippen LogP contribution in [0.4, 0.5) is 0 Å². The third-order valence-corrected chi connectivity index (χ3v) is 2.82. The zero-order valence-electron chi connectivity index (χ0n) is 8.97. The molecule has 0 aliphatic carbocycles. The molecule has 2 rings (SSSR count). The molecule has 1 atom stereocenters. The van der Waals surface area contributed by atoms with Crippen molar-refractivity contribution in [3.63, 3.8) is 0 Å². The average molecular weight is 263 g/mol. The van der Waals surface area contributed by atoms with E-state index in [1.807, 2.05) is 6.07 Å². The molecule has 1 saturated heterocycles. The predicted molar refractivity (Wildman–Crippen MR) is 66.8 cm³/mol. The van der Waals surface area contributed by atoms with Gasteiger partial charge in [0.1, 0.15) is 0 Å². The minimum absolute atomic E-state index is 0. The molecule has 1 aliphatic rings. The van der Waals surface area contributed by atoms with Crippen LogP contribution in [0.5, 0.6) is 0 Å². The Hall–Kier alpha value is -0.420. The van der Waals surface area contributed by atoms with E-state index in [4.69, 9.17) is 17.3 Å².